The Bertz CT molecular complexity index is 433. The maximum absolute atomic E-state index is 13.7. The van der Waals surface area contributed by atoms with Gasteiger partial charge in [0.2, 0.25) is 0 Å². The first-order valence-electron chi connectivity index (χ1n) is 10.2. The van der Waals surface area contributed by atoms with E-state index < -0.39 is 24.1 Å². The SMILES string of the molecule is CC1CCC(C2CCC(C(=O)OC3CC(F)C(F)C(P)C3)CC2)CC1. The van der Waals surface area contributed by atoms with Crippen molar-refractivity contribution < 1.29 is 18.3 Å². The molecule has 3 rings (SSSR count). The van der Waals surface area contributed by atoms with Crippen LogP contribution in [0.2, 0.25) is 0 Å². The van der Waals surface area contributed by atoms with Crippen molar-refractivity contribution in [1.29, 1.82) is 0 Å². The predicted molar refractivity (Wildman–Crippen MR) is 99.0 cm³/mol. The topological polar surface area (TPSA) is 26.3 Å². The molecule has 0 aliphatic heterocycles. The molecule has 5 atom stereocenters. The van der Waals surface area contributed by atoms with E-state index in [-0.39, 0.29) is 18.3 Å². The molecule has 0 spiro atoms. The van der Waals surface area contributed by atoms with Crippen LogP contribution in [0.4, 0.5) is 8.78 Å². The number of rotatable bonds is 3. The zero-order chi connectivity index (χ0) is 18.0. The Kier molecular flexibility index (Phi) is 6.74. The molecule has 3 aliphatic rings. The van der Waals surface area contributed by atoms with Crippen LogP contribution in [0.1, 0.15) is 71.1 Å². The van der Waals surface area contributed by atoms with Crippen molar-refractivity contribution in [3.05, 3.63) is 0 Å². The molecule has 0 aromatic heterocycles. The highest BCUT2D eigenvalue weighted by Gasteiger charge is 2.39. The van der Waals surface area contributed by atoms with Crippen molar-refractivity contribution in [3.63, 3.8) is 0 Å². The van der Waals surface area contributed by atoms with E-state index in [9.17, 15) is 13.6 Å². The van der Waals surface area contributed by atoms with Crippen LogP contribution in [0, 0.1) is 23.7 Å². The molecule has 5 unspecified atom stereocenters. The first kappa shape index (κ1) is 19.5. The maximum Gasteiger partial charge on any atom is 0.309 e. The second-order valence-electron chi connectivity index (χ2n) is 8.79. The molecule has 5 heteroatoms. The van der Waals surface area contributed by atoms with E-state index in [1.807, 2.05) is 0 Å². The Morgan fingerprint density at radius 1 is 0.920 bits per heavy atom. The molecule has 3 aliphatic carbocycles. The summed E-state index contributed by atoms with van der Waals surface area (Å²) < 4.78 is 32.8. The van der Waals surface area contributed by atoms with Gasteiger partial charge >= 0.3 is 5.97 Å². The number of halogens is 2. The van der Waals surface area contributed by atoms with Crippen LogP contribution in [-0.4, -0.2) is 30.1 Å². The van der Waals surface area contributed by atoms with Crippen molar-refractivity contribution >= 4 is 15.2 Å². The molecule has 2 nitrogen and oxygen atoms in total. The maximum atomic E-state index is 13.7. The zero-order valence-electron chi connectivity index (χ0n) is 15.3. The highest BCUT2D eigenvalue weighted by molar-refractivity contribution is 7.17. The van der Waals surface area contributed by atoms with Crippen molar-refractivity contribution in [2.45, 2.75) is 95.2 Å². The van der Waals surface area contributed by atoms with Crippen molar-refractivity contribution in [2.24, 2.45) is 23.7 Å². The largest absolute Gasteiger partial charge is 0.462 e. The van der Waals surface area contributed by atoms with E-state index in [1.54, 1.807) is 0 Å². The fourth-order valence-electron chi connectivity index (χ4n) is 5.12. The van der Waals surface area contributed by atoms with Crippen LogP contribution < -0.4 is 0 Å². The number of carbonyl (C=O) groups excluding carboxylic acids is 1. The van der Waals surface area contributed by atoms with Crippen LogP contribution in [0.15, 0.2) is 0 Å². The third-order valence-corrected chi connectivity index (χ3v) is 7.53. The van der Waals surface area contributed by atoms with Gasteiger partial charge in [0.05, 0.1) is 5.92 Å². The van der Waals surface area contributed by atoms with E-state index in [4.69, 9.17) is 4.74 Å². The van der Waals surface area contributed by atoms with Gasteiger partial charge in [-0.25, -0.2) is 8.78 Å². The molecule has 3 saturated carbocycles. The normalized spacial score (nSPS) is 45.8. The average Bonchev–Trinajstić information content (AvgIpc) is 2.60. The lowest BCUT2D eigenvalue weighted by Gasteiger charge is -2.37. The Morgan fingerprint density at radius 3 is 2.04 bits per heavy atom. The summed E-state index contributed by atoms with van der Waals surface area (Å²) in [6.07, 6.45) is 6.43. The van der Waals surface area contributed by atoms with Crippen LogP contribution in [0.3, 0.4) is 0 Å². The average molecular weight is 374 g/mol. The molecular weight excluding hydrogens is 341 g/mol. The quantitative estimate of drug-likeness (QED) is 0.498. The molecule has 0 radical (unpaired) electrons. The summed E-state index contributed by atoms with van der Waals surface area (Å²) in [7, 11) is 2.35. The Morgan fingerprint density at radius 2 is 1.48 bits per heavy atom. The minimum atomic E-state index is -1.52. The molecule has 25 heavy (non-hydrogen) atoms. The second-order valence-corrected chi connectivity index (χ2v) is 9.64. The Hall–Kier alpha value is -0.240. The van der Waals surface area contributed by atoms with Gasteiger partial charge in [-0.3, -0.25) is 4.79 Å². The van der Waals surface area contributed by atoms with Gasteiger partial charge in [-0.2, -0.15) is 0 Å². The van der Waals surface area contributed by atoms with Gasteiger partial charge in [0.25, 0.3) is 0 Å². The standard InChI is InChI=1S/C20H33F2O2P/c1-12-2-4-13(5-3-12)14-6-8-15(9-7-14)20(23)24-16-10-17(21)19(22)18(25)11-16/h12-19H,2-11,25H2,1H3. The van der Waals surface area contributed by atoms with Crippen LogP contribution >= 0.6 is 9.24 Å². The summed E-state index contributed by atoms with van der Waals surface area (Å²) in [6, 6.07) is 0. The van der Waals surface area contributed by atoms with Gasteiger partial charge in [0, 0.05) is 12.1 Å². The van der Waals surface area contributed by atoms with Crippen molar-refractivity contribution in [1.82, 2.24) is 0 Å². The molecule has 144 valence electrons. The minimum absolute atomic E-state index is 0.00735. The molecule has 0 amide bonds. The molecule has 0 aromatic carbocycles. The number of hydrogen-bond acceptors (Lipinski definition) is 2. The van der Waals surface area contributed by atoms with Gasteiger partial charge in [-0.15, -0.1) is 9.24 Å². The van der Waals surface area contributed by atoms with Gasteiger partial charge in [0.1, 0.15) is 18.4 Å². The molecule has 0 saturated heterocycles. The Balaban J connectivity index is 1.42. The molecule has 0 aromatic rings. The number of alkyl halides is 2. The van der Waals surface area contributed by atoms with E-state index in [0.717, 1.165) is 43.4 Å². The highest BCUT2D eigenvalue weighted by Crippen LogP contribution is 2.42. The summed E-state index contributed by atoms with van der Waals surface area (Å²) in [5, 5.41) is 0. The monoisotopic (exact) mass is 374 g/mol. The van der Waals surface area contributed by atoms with Crippen molar-refractivity contribution in [3.8, 4) is 0 Å². The molecule has 3 fully saturated rings. The zero-order valence-corrected chi connectivity index (χ0v) is 16.5. The van der Waals surface area contributed by atoms with E-state index in [0.29, 0.717) is 6.42 Å². The second kappa shape index (κ2) is 8.63. The smallest absolute Gasteiger partial charge is 0.309 e. The Labute approximate surface area is 153 Å². The first-order valence-corrected chi connectivity index (χ1v) is 10.8. The number of hydrogen-bond donors (Lipinski definition) is 0. The van der Waals surface area contributed by atoms with Crippen LogP contribution in [0.25, 0.3) is 0 Å². The fraction of sp³-hybridized carbons (Fsp3) is 0.950. The third kappa shape index (κ3) is 4.93. The fourth-order valence-corrected chi connectivity index (χ4v) is 5.66. The van der Waals surface area contributed by atoms with Gasteiger partial charge in [0.15, 0.2) is 0 Å². The third-order valence-electron chi connectivity index (χ3n) is 6.89. The molecule has 0 heterocycles. The summed E-state index contributed by atoms with van der Waals surface area (Å²) >= 11 is 0. The summed E-state index contributed by atoms with van der Waals surface area (Å²) in [5.74, 6) is 2.27. The lowest BCUT2D eigenvalue weighted by atomic mass is 9.69. The predicted octanol–water partition coefficient (Wildman–Crippen LogP) is 5.24. The first-order chi connectivity index (χ1) is 11.9. The van der Waals surface area contributed by atoms with E-state index >= 15 is 0 Å². The number of esters is 1. The summed E-state index contributed by atoms with van der Waals surface area (Å²) in [5.41, 5.74) is -0.453. The number of carbonyl (C=O) groups is 1. The van der Waals surface area contributed by atoms with Gasteiger partial charge in [-0.1, -0.05) is 19.8 Å². The van der Waals surface area contributed by atoms with Gasteiger partial charge in [-0.05, 0) is 62.7 Å². The molecular formula is C20H33F2O2P. The van der Waals surface area contributed by atoms with Gasteiger partial charge < -0.3 is 4.74 Å². The minimum Gasteiger partial charge on any atom is -0.462 e. The molecule has 0 bridgehead atoms. The lowest BCUT2D eigenvalue weighted by Crippen LogP contribution is -2.41. The molecule has 0 N–H and O–H groups in total. The van der Waals surface area contributed by atoms with E-state index in [2.05, 4.69) is 16.2 Å². The highest BCUT2D eigenvalue weighted by atomic mass is 31.0. The van der Waals surface area contributed by atoms with Crippen LogP contribution in [0.5, 0.6) is 0 Å². The summed E-state index contributed by atoms with van der Waals surface area (Å²) in [4.78, 5) is 12.4. The van der Waals surface area contributed by atoms with E-state index in [1.165, 1.54) is 25.7 Å². The lowest BCUT2D eigenvalue weighted by molar-refractivity contribution is -0.159. The van der Waals surface area contributed by atoms with Crippen molar-refractivity contribution in [2.75, 3.05) is 0 Å². The van der Waals surface area contributed by atoms with Crippen LogP contribution in [-0.2, 0) is 9.53 Å². The summed E-state index contributed by atoms with van der Waals surface area (Å²) in [6.45, 7) is 2.35. The number of ether oxygens (including phenoxy) is 1.